The summed E-state index contributed by atoms with van der Waals surface area (Å²) in [7, 11) is -4.31. The Kier molecular flexibility index (Phi) is 10.2. The second kappa shape index (κ2) is 14.5. The second-order valence-electron chi connectivity index (χ2n) is 10.2. The molecule has 0 radical (unpaired) electrons. The topological polar surface area (TPSA) is 110 Å². The number of unbranched alkanes of at least 4 members (excludes halogenated alkanes) is 1. The van der Waals surface area contributed by atoms with Crippen molar-refractivity contribution in [2.75, 3.05) is 6.61 Å². The van der Waals surface area contributed by atoms with Crippen molar-refractivity contribution in [1.82, 2.24) is 0 Å². The maximum atomic E-state index is 13.8. The van der Waals surface area contributed by atoms with Crippen molar-refractivity contribution in [1.29, 1.82) is 0 Å². The fraction of sp³-hybridized carbons (Fsp3) is 0.139. The van der Waals surface area contributed by atoms with Crippen molar-refractivity contribution in [3.05, 3.63) is 132 Å². The van der Waals surface area contributed by atoms with Gasteiger partial charge < -0.3 is 19.1 Å². The molecule has 0 aliphatic heterocycles. The molecule has 5 rings (SSSR count). The first kappa shape index (κ1) is 31.8. The van der Waals surface area contributed by atoms with E-state index in [-0.39, 0.29) is 22.0 Å². The second-order valence-corrected chi connectivity index (χ2v) is 12.8. The van der Waals surface area contributed by atoms with E-state index in [9.17, 15) is 23.4 Å². The Hall–Kier alpha value is -4.57. The van der Waals surface area contributed by atoms with Crippen molar-refractivity contribution >= 4 is 28.2 Å². The van der Waals surface area contributed by atoms with Crippen LogP contribution in [-0.2, 0) is 10.1 Å². The minimum absolute atomic E-state index is 0.0489. The van der Waals surface area contributed by atoms with Crippen LogP contribution in [-0.4, -0.2) is 31.5 Å². The van der Waals surface area contributed by atoms with Gasteiger partial charge in [0.1, 0.15) is 34.5 Å². The maximum absolute atomic E-state index is 13.8. The third-order valence-electron chi connectivity index (χ3n) is 7.03. The van der Waals surface area contributed by atoms with E-state index in [0.717, 1.165) is 23.5 Å². The molecule has 0 saturated heterocycles. The summed E-state index contributed by atoms with van der Waals surface area (Å²) in [6.07, 6.45) is 1.33. The summed E-state index contributed by atoms with van der Waals surface area (Å²) in [6.45, 7) is 2.72. The molecule has 230 valence electrons. The van der Waals surface area contributed by atoms with E-state index in [0.29, 0.717) is 40.0 Å². The van der Waals surface area contributed by atoms with Crippen LogP contribution in [0.15, 0.2) is 130 Å². The van der Waals surface area contributed by atoms with Gasteiger partial charge in [-0.2, -0.15) is 8.42 Å². The number of hydrogen-bond donors (Lipinski definition) is 2. The van der Waals surface area contributed by atoms with Crippen LogP contribution in [0.25, 0.3) is 11.1 Å². The minimum Gasteiger partial charge on any atom is -0.508 e. The molecule has 0 amide bonds. The summed E-state index contributed by atoms with van der Waals surface area (Å²) in [5.74, 6) is 0.744. The molecule has 0 aliphatic carbocycles. The highest BCUT2D eigenvalue weighted by Crippen LogP contribution is 2.40. The third-order valence-corrected chi connectivity index (χ3v) is 9.53. The maximum Gasteiger partial charge on any atom is 0.340 e. The number of aromatic hydroxyl groups is 1. The molecule has 1 atom stereocenters. The van der Waals surface area contributed by atoms with E-state index in [1.165, 1.54) is 36.0 Å². The highest BCUT2D eigenvalue weighted by atomic mass is 32.2. The lowest BCUT2D eigenvalue weighted by molar-refractivity contribution is 0.112. The predicted octanol–water partition coefficient (Wildman–Crippen LogP) is 8.05. The Morgan fingerprint density at radius 3 is 2.29 bits per heavy atom. The highest BCUT2D eigenvalue weighted by molar-refractivity contribution is 8.00. The molecule has 0 spiro atoms. The summed E-state index contributed by atoms with van der Waals surface area (Å²) in [6, 6.07) is 31.9. The largest absolute Gasteiger partial charge is 0.508 e. The van der Waals surface area contributed by atoms with E-state index in [4.69, 9.17) is 8.92 Å². The molecule has 9 heteroatoms. The normalized spacial score (nSPS) is 12.0. The molecule has 0 aromatic heterocycles. The first-order valence-corrected chi connectivity index (χ1v) is 16.6. The molecule has 5 aromatic rings. The summed E-state index contributed by atoms with van der Waals surface area (Å²) in [5.41, 5.74) is 1.92. The van der Waals surface area contributed by atoms with Crippen LogP contribution in [0.2, 0.25) is 0 Å². The van der Waals surface area contributed by atoms with Gasteiger partial charge in [0.2, 0.25) is 0 Å². The molecule has 0 aliphatic rings. The van der Waals surface area contributed by atoms with E-state index in [1.54, 1.807) is 66.7 Å². The van der Waals surface area contributed by atoms with Crippen molar-refractivity contribution in [3.63, 3.8) is 0 Å². The fourth-order valence-corrected chi connectivity index (χ4v) is 6.99. The Balaban J connectivity index is 1.55. The van der Waals surface area contributed by atoms with E-state index >= 15 is 0 Å². The molecule has 0 fully saturated rings. The standard InChI is InChI=1S/C36H32O7S2/c1-2-3-21-42-27-15-17-29(18-16-27)44-34-20-14-26(23-35(34)45(40,41)43-28-9-5-4-6-10-28)30-11-7-8-12-31(30)36(39)32-22-25(24-37)13-19-33(32)38/h4-20,22-24,36,38-39H,2-3,21H2,1H3. The van der Waals surface area contributed by atoms with Crippen LogP contribution in [0, 0.1) is 0 Å². The molecule has 2 N–H and O–H groups in total. The van der Waals surface area contributed by atoms with Crippen LogP contribution in [0.5, 0.6) is 17.2 Å². The van der Waals surface area contributed by atoms with Crippen molar-refractivity contribution in [2.45, 2.75) is 40.6 Å². The fourth-order valence-electron chi connectivity index (χ4n) is 4.70. The van der Waals surface area contributed by atoms with Gasteiger partial charge >= 0.3 is 10.1 Å². The molecule has 1 unspecified atom stereocenters. The van der Waals surface area contributed by atoms with Crippen LogP contribution in [0.3, 0.4) is 0 Å². The van der Waals surface area contributed by atoms with E-state index < -0.39 is 16.2 Å². The number of phenolic OH excluding ortho intramolecular Hbond substituents is 1. The molecule has 45 heavy (non-hydrogen) atoms. The van der Waals surface area contributed by atoms with Gasteiger partial charge in [-0.05, 0) is 89.8 Å². The van der Waals surface area contributed by atoms with Gasteiger partial charge in [-0.3, -0.25) is 4.79 Å². The number of hydrogen-bond acceptors (Lipinski definition) is 8. The van der Waals surface area contributed by atoms with Gasteiger partial charge in [0.25, 0.3) is 0 Å². The third kappa shape index (κ3) is 7.75. The first-order valence-electron chi connectivity index (χ1n) is 14.4. The van der Waals surface area contributed by atoms with Gasteiger partial charge in [0.15, 0.2) is 0 Å². The number of para-hydroxylation sites is 1. The molecule has 0 heterocycles. The molecular formula is C36H32O7S2. The van der Waals surface area contributed by atoms with Crippen LogP contribution >= 0.6 is 11.8 Å². The highest BCUT2D eigenvalue weighted by Gasteiger charge is 2.25. The number of benzene rings is 5. The van der Waals surface area contributed by atoms with E-state index in [1.807, 2.05) is 24.3 Å². The SMILES string of the molecule is CCCCOc1ccc(Sc2ccc(-c3ccccc3C(O)c3cc(C=O)ccc3O)cc2S(=O)(=O)Oc2ccccc2)cc1. The molecular weight excluding hydrogens is 609 g/mol. The lowest BCUT2D eigenvalue weighted by Gasteiger charge is -2.19. The first-order chi connectivity index (χ1) is 21.8. The number of aldehydes is 1. The van der Waals surface area contributed by atoms with Crippen molar-refractivity contribution in [2.24, 2.45) is 0 Å². The number of phenols is 1. The van der Waals surface area contributed by atoms with Crippen LogP contribution in [0.1, 0.15) is 47.4 Å². The zero-order valence-corrected chi connectivity index (χ0v) is 26.1. The zero-order valence-electron chi connectivity index (χ0n) is 24.5. The lowest BCUT2D eigenvalue weighted by Crippen LogP contribution is -2.11. The summed E-state index contributed by atoms with van der Waals surface area (Å²) >= 11 is 1.28. The lowest BCUT2D eigenvalue weighted by atomic mass is 9.92. The van der Waals surface area contributed by atoms with E-state index in [2.05, 4.69) is 6.92 Å². The molecule has 0 bridgehead atoms. The van der Waals surface area contributed by atoms with Gasteiger partial charge in [0, 0.05) is 20.9 Å². The quantitative estimate of drug-likeness (QED) is 0.0756. The summed E-state index contributed by atoms with van der Waals surface area (Å²) < 4.78 is 38.9. The summed E-state index contributed by atoms with van der Waals surface area (Å²) in [4.78, 5) is 12.6. The van der Waals surface area contributed by atoms with Crippen molar-refractivity contribution in [3.8, 4) is 28.4 Å². The Morgan fingerprint density at radius 2 is 1.56 bits per heavy atom. The molecule has 0 saturated carbocycles. The monoisotopic (exact) mass is 640 g/mol. The minimum atomic E-state index is -4.31. The number of rotatable bonds is 13. The number of carbonyl (C=O) groups is 1. The zero-order chi connectivity index (χ0) is 31.8. The number of aliphatic hydroxyl groups excluding tert-OH is 1. The van der Waals surface area contributed by atoms with Gasteiger partial charge in [0.05, 0.1) is 6.61 Å². The Morgan fingerprint density at radius 1 is 0.822 bits per heavy atom. The number of ether oxygens (including phenoxy) is 1. The van der Waals surface area contributed by atoms with Crippen LogP contribution < -0.4 is 8.92 Å². The van der Waals surface area contributed by atoms with Gasteiger partial charge in [-0.25, -0.2) is 0 Å². The molecule has 7 nitrogen and oxygen atoms in total. The number of carbonyl (C=O) groups excluding carboxylic acids is 1. The predicted molar refractivity (Wildman–Crippen MR) is 175 cm³/mol. The molecule has 5 aromatic carbocycles. The Bertz CT molecular complexity index is 1870. The summed E-state index contributed by atoms with van der Waals surface area (Å²) in [5, 5.41) is 21.8. The Labute approximate surface area is 267 Å². The number of aliphatic hydroxyl groups is 1. The van der Waals surface area contributed by atoms with Gasteiger partial charge in [-0.1, -0.05) is 73.6 Å². The average Bonchev–Trinajstić information content (AvgIpc) is 3.06. The van der Waals surface area contributed by atoms with Crippen LogP contribution in [0.4, 0.5) is 0 Å². The van der Waals surface area contributed by atoms with Gasteiger partial charge in [-0.15, -0.1) is 0 Å². The average molecular weight is 641 g/mol. The van der Waals surface area contributed by atoms with Crippen molar-refractivity contribution < 1.29 is 32.3 Å². The smallest absolute Gasteiger partial charge is 0.340 e.